The van der Waals surface area contributed by atoms with Crippen LogP contribution in [-0.4, -0.2) is 43.0 Å². The van der Waals surface area contributed by atoms with Crippen molar-refractivity contribution in [1.29, 1.82) is 0 Å². The summed E-state index contributed by atoms with van der Waals surface area (Å²) in [5, 5.41) is 0. The molecule has 0 aliphatic carbocycles. The van der Waals surface area contributed by atoms with Gasteiger partial charge in [0.25, 0.3) is 0 Å². The fourth-order valence-corrected chi connectivity index (χ4v) is 4.48. The lowest BCUT2D eigenvalue weighted by molar-refractivity contribution is 0.00636. The maximum atomic E-state index is 12.8. The van der Waals surface area contributed by atoms with Gasteiger partial charge in [0.15, 0.2) is 5.58 Å². The fourth-order valence-electron chi connectivity index (χ4n) is 2.67. The van der Waals surface area contributed by atoms with Crippen molar-refractivity contribution in [3.05, 3.63) is 28.7 Å². The number of fused-ring (bicyclic) bond motifs is 1. The quantitative estimate of drug-likeness (QED) is 0.890. The minimum absolute atomic E-state index is 0.110. The predicted molar refractivity (Wildman–Crippen MR) is 75.6 cm³/mol. The average Bonchev–Trinajstić information content (AvgIpc) is 2.77. The largest absolute Gasteiger partial charge is 0.417 e. The Hall–Kier alpha value is -1.64. The molecule has 8 heteroatoms. The van der Waals surface area contributed by atoms with Crippen LogP contribution in [0.3, 0.4) is 0 Å². The summed E-state index contributed by atoms with van der Waals surface area (Å²) < 4.78 is 37.3. The number of morpholine rings is 1. The van der Waals surface area contributed by atoms with Crippen molar-refractivity contribution in [2.75, 3.05) is 13.2 Å². The molecule has 1 aromatic carbocycles. The molecular formula is C13H16N2O5S. The highest BCUT2D eigenvalue weighted by molar-refractivity contribution is 7.89. The van der Waals surface area contributed by atoms with Crippen LogP contribution >= 0.6 is 0 Å². The number of hydrogen-bond acceptors (Lipinski definition) is 5. The van der Waals surface area contributed by atoms with Crippen LogP contribution in [0.25, 0.3) is 11.1 Å². The molecule has 0 spiro atoms. The van der Waals surface area contributed by atoms with E-state index >= 15 is 0 Å². The Balaban J connectivity index is 2.08. The summed E-state index contributed by atoms with van der Waals surface area (Å²) >= 11 is 0. The summed E-state index contributed by atoms with van der Waals surface area (Å²) in [6, 6.07) is 3.89. The first kappa shape index (κ1) is 14.3. The fraction of sp³-hybridized carbons (Fsp3) is 0.462. The highest BCUT2D eigenvalue weighted by Crippen LogP contribution is 2.26. The van der Waals surface area contributed by atoms with Crippen LogP contribution in [-0.2, 0) is 14.8 Å². The zero-order chi connectivity index (χ0) is 15.2. The number of aromatic nitrogens is 1. The molecule has 2 aromatic rings. The molecule has 0 saturated carbocycles. The van der Waals surface area contributed by atoms with Crippen LogP contribution < -0.4 is 5.76 Å². The lowest BCUT2D eigenvalue weighted by Crippen LogP contribution is -2.52. The normalized spacial score (nSPS) is 24.5. The van der Waals surface area contributed by atoms with Crippen LogP contribution in [0.15, 0.2) is 32.3 Å². The molecule has 7 nitrogen and oxygen atoms in total. The Labute approximate surface area is 121 Å². The van der Waals surface area contributed by atoms with Crippen LogP contribution in [0, 0.1) is 0 Å². The minimum atomic E-state index is -3.67. The molecule has 2 heterocycles. The Bertz CT molecular complexity index is 812. The van der Waals surface area contributed by atoms with E-state index in [0.29, 0.717) is 18.7 Å². The van der Waals surface area contributed by atoms with Crippen molar-refractivity contribution >= 4 is 21.1 Å². The monoisotopic (exact) mass is 312 g/mol. The Morgan fingerprint density at radius 2 is 1.90 bits per heavy atom. The van der Waals surface area contributed by atoms with Gasteiger partial charge in [0.1, 0.15) is 0 Å². The van der Waals surface area contributed by atoms with Gasteiger partial charge < -0.3 is 9.15 Å². The summed E-state index contributed by atoms with van der Waals surface area (Å²) in [5.41, 5.74) is 0.705. The van der Waals surface area contributed by atoms with Crippen LogP contribution in [0.2, 0.25) is 0 Å². The second kappa shape index (κ2) is 4.97. The van der Waals surface area contributed by atoms with E-state index in [-0.39, 0.29) is 22.6 Å². The molecule has 1 N–H and O–H groups in total. The number of nitrogens with one attached hydrogen (secondary N) is 1. The van der Waals surface area contributed by atoms with Gasteiger partial charge in [0.05, 0.1) is 23.6 Å². The molecule has 1 aliphatic rings. The number of oxazole rings is 1. The molecule has 1 fully saturated rings. The number of rotatable bonds is 2. The second-order valence-electron chi connectivity index (χ2n) is 5.24. The van der Waals surface area contributed by atoms with Gasteiger partial charge in [0, 0.05) is 18.2 Å². The van der Waals surface area contributed by atoms with Crippen molar-refractivity contribution in [3.63, 3.8) is 0 Å². The Morgan fingerprint density at radius 3 is 2.57 bits per heavy atom. The van der Waals surface area contributed by atoms with Crippen LogP contribution in [0.5, 0.6) is 0 Å². The maximum absolute atomic E-state index is 12.8. The van der Waals surface area contributed by atoms with Gasteiger partial charge in [-0.25, -0.2) is 13.2 Å². The number of sulfonamides is 1. The molecule has 0 bridgehead atoms. The van der Waals surface area contributed by atoms with Gasteiger partial charge in [-0.15, -0.1) is 0 Å². The van der Waals surface area contributed by atoms with Gasteiger partial charge >= 0.3 is 5.76 Å². The average molecular weight is 312 g/mol. The zero-order valence-electron chi connectivity index (χ0n) is 11.7. The lowest BCUT2D eigenvalue weighted by atomic mass is 10.2. The van der Waals surface area contributed by atoms with Gasteiger partial charge in [0.2, 0.25) is 10.0 Å². The van der Waals surface area contributed by atoms with Crippen molar-refractivity contribution < 1.29 is 17.6 Å². The molecule has 0 amide bonds. The van der Waals surface area contributed by atoms with Crippen molar-refractivity contribution in [3.8, 4) is 0 Å². The Kier molecular flexibility index (Phi) is 3.39. The third-order valence-electron chi connectivity index (χ3n) is 3.55. The van der Waals surface area contributed by atoms with E-state index < -0.39 is 15.8 Å². The first-order valence-electron chi connectivity index (χ1n) is 6.64. The van der Waals surface area contributed by atoms with Gasteiger partial charge in [-0.2, -0.15) is 4.31 Å². The maximum Gasteiger partial charge on any atom is 0.417 e. The van der Waals surface area contributed by atoms with E-state index in [2.05, 4.69) is 4.98 Å². The molecule has 1 saturated heterocycles. The zero-order valence-corrected chi connectivity index (χ0v) is 12.5. The number of aromatic amines is 1. The van der Waals surface area contributed by atoms with Crippen LogP contribution in [0.4, 0.5) is 0 Å². The summed E-state index contributed by atoms with van der Waals surface area (Å²) in [5.74, 6) is -0.604. The standard InChI is InChI=1S/C13H16N2O5S/c1-8-6-19-7-9(2)15(8)21(17,18)10-3-4-11-12(5-10)20-13(16)14-11/h3-5,8-9H,6-7H2,1-2H3,(H,14,16). The molecule has 1 aliphatic heterocycles. The van der Waals surface area contributed by atoms with Crippen molar-refractivity contribution in [1.82, 2.24) is 9.29 Å². The minimum Gasteiger partial charge on any atom is -0.408 e. The Morgan fingerprint density at radius 1 is 1.24 bits per heavy atom. The highest BCUT2D eigenvalue weighted by Gasteiger charge is 2.36. The van der Waals surface area contributed by atoms with E-state index in [1.165, 1.54) is 22.5 Å². The predicted octanol–water partition coefficient (Wildman–Crippen LogP) is 0.919. The topological polar surface area (TPSA) is 92.6 Å². The molecule has 1 aromatic heterocycles. The molecule has 2 unspecified atom stereocenters. The molecular weight excluding hydrogens is 296 g/mol. The highest BCUT2D eigenvalue weighted by atomic mass is 32.2. The van der Waals surface area contributed by atoms with Gasteiger partial charge in [-0.1, -0.05) is 0 Å². The number of H-pyrrole nitrogens is 1. The summed E-state index contributed by atoms with van der Waals surface area (Å²) in [7, 11) is -3.67. The summed E-state index contributed by atoms with van der Waals surface area (Å²) in [6.45, 7) is 4.35. The first-order valence-corrected chi connectivity index (χ1v) is 8.08. The SMILES string of the molecule is CC1COCC(C)N1S(=O)(=O)c1ccc2[nH]c(=O)oc2c1. The third-order valence-corrected chi connectivity index (χ3v) is 5.68. The number of hydrogen-bond donors (Lipinski definition) is 1. The van der Waals surface area contributed by atoms with Crippen molar-refractivity contribution in [2.45, 2.75) is 30.8 Å². The van der Waals surface area contributed by atoms with Gasteiger partial charge in [-0.3, -0.25) is 4.98 Å². The van der Waals surface area contributed by atoms with Crippen molar-refractivity contribution in [2.24, 2.45) is 0 Å². The van der Waals surface area contributed by atoms with E-state index in [1.54, 1.807) is 0 Å². The first-order chi connectivity index (χ1) is 9.89. The third kappa shape index (κ3) is 2.39. The number of benzene rings is 1. The van der Waals surface area contributed by atoms with E-state index in [0.717, 1.165) is 0 Å². The second-order valence-corrected chi connectivity index (χ2v) is 7.09. The molecule has 114 valence electrons. The van der Waals surface area contributed by atoms with E-state index in [1.807, 2.05) is 13.8 Å². The summed E-state index contributed by atoms with van der Waals surface area (Å²) in [6.07, 6.45) is 0. The smallest absolute Gasteiger partial charge is 0.408 e. The molecule has 21 heavy (non-hydrogen) atoms. The molecule has 2 atom stereocenters. The lowest BCUT2D eigenvalue weighted by Gasteiger charge is -2.37. The van der Waals surface area contributed by atoms with E-state index in [9.17, 15) is 13.2 Å². The molecule has 0 radical (unpaired) electrons. The van der Waals surface area contributed by atoms with Crippen LogP contribution in [0.1, 0.15) is 13.8 Å². The van der Waals surface area contributed by atoms with E-state index in [4.69, 9.17) is 9.15 Å². The van der Waals surface area contributed by atoms with Gasteiger partial charge in [-0.05, 0) is 26.0 Å². The number of ether oxygens (including phenoxy) is 1. The molecule has 3 rings (SSSR count). The number of nitrogens with zero attached hydrogens (tertiary/aromatic N) is 1. The summed E-state index contributed by atoms with van der Waals surface area (Å²) in [4.78, 5) is 13.8.